The van der Waals surface area contributed by atoms with Crippen LogP contribution in [0.2, 0.25) is 0 Å². The monoisotopic (exact) mass is 314 g/mol. The topological polar surface area (TPSA) is 92.7 Å². The van der Waals surface area contributed by atoms with Crippen molar-refractivity contribution in [1.82, 2.24) is 4.90 Å². The Bertz CT molecular complexity index is 599. The van der Waals surface area contributed by atoms with Crippen LogP contribution in [0.5, 0.6) is 0 Å². The Balaban J connectivity index is 3.37. The molecule has 4 N–H and O–H groups in total. The van der Waals surface area contributed by atoms with E-state index >= 15 is 0 Å². The normalized spacial score (nSPS) is 13.5. The van der Waals surface area contributed by atoms with Gasteiger partial charge in [-0.15, -0.1) is 0 Å². The Morgan fingerprint density at radius 3 is 2.29 bits per heavy atom. The molecule has 0 aliphatic carbocycles. The largest absolute Gasteiger partial charge is 0.399 e. The number of hydrogen-bond acceptors (Lipinski definition) is 5. The number of benzene rings is 1. The third-order valence-electron chi connectivity index (χ3n) is 3.47. The summed E-state index contributed by atoms with van der Waals surface area (Å²) in [6.45, 7) is 7.50. The number of rotatable bonds is 6. The fourth-order valence-electron chi connectivity index (χ4n) is 2.63. The van der Waals surface area contributed by atoms with Gasteiger partial charge in [0.15, 0.2) is 0 Å². The molecule has 0 aliphatic heterocycles. The van der Waals surface area contributed by atoms with Gasteiger partial charge in [0.1, 0.15) is 0 Å². The van der Waals surface area contributed by atoms with E-state index in [1.54, 1.807) is 13.0 Å². The molecule has 1 rings (SSSR count). The molecule has 0 aliphatic rings. The van der Waals surface area contributed by atoms with Crippen LogP contribution in [-0.4, -0.2) is 46.5 Å². The predicted molar refractivity (Wildman–Crippen MR) is 88.0 cm³/mol. The lowest BCUT2D eigenvalue weighted by Gasteiger charge is -2.33. The lowest BCUT2D eigenvalue weighted by atomic mass is 10.1. The number of hydrogen-bond donors (Lipinski definition) is 2. The highest BCUT2D eigenvalue weighted by molar-refractivity contribution is 7.89. The summed E-state index contributed by atoms with van der Waals surface area (Å²) in [7, 11) is 0.226. The van der Waals surface area contributed by atoms with Crippen LogP contribution in [0.4, 0.5) is 11.4 Å². The van der Waals surface area contributed by atoms with Crippen LogP contribution in [0.3, 0.4) is 0 Å². The summed E-state index contributed by atoms with van der Waals surface area (Å²) in [5.41, 5.74) is 7.71. The molecule has 6 nitrogen and oxygen atoms in total. The molecule has 0 fully saturated rings. The molecule has 0 bridgehead atoms. The van der Waals surface area contributed by atoms with Gasteiger partial charge in [-0.25, -0.2) is 13.6 Å². The van der Waals surface area contributed by atoms with Gasteiger partial charge in [-0.1, -0.05) is 0 Å². The average molecular weight is 314 g/mol. The molecule has 1 atom stereocenters. The van der Waals surface area contributed by atoms with E-state index in [1.807, 2.05) is 21.0 Å². The van der Waals surface area contributed by atoms with Crippen molar-refractivity contribution >= 4 is 21.4 Å². The van der Waals surface area contributed by atoms with Crippen molar-refractivity contribution in [1.29, 1.82) is 0 Å². The SMILES string of the molecule is CCN(c1cc(N)cc(S(N)(=O)=O)c1C)C(C)CN(C)C. The molecule has 7 heteroatoms. The number of likely N-dealkylation sites (N-methyl/N-ethyl adjacent to an activating group) is 2. The molecule has 21 heavy (non-hydrogen) atoms. The van der Waals surface area contributed by atoms with Crippen LogP contribution >= 0.6 is 0 Å². The van der Waals surface area contributed by atoms with Crippen LogP contribution < -0.4 is 15.8 Å². The first kappa shape index (κ1) is 17.7. The Morgan fingerprint density at radius 1 is 1.29 bits per heavy atom. The van der Waals surface area contributed by atoms with Crippen LogP contribution in [-0.2, 0) is 10.0 Å². The molecule has 0 saturated heterocycles. The molecule has 0 heterocycles. The summed E-state index contributed by atoms with van der Waals surface area (Å²) in [5.74, 6) is 0. The minimum absolute atomic E-state index is 0.0907. The van der Waals surface area contributed by atoms with Crippen LogP contribution in [0, 0.1) is 6.92 Å². The molecule has 0 radical (unpaired) electrons. The van der Waals surface area contributed by atoms with E-state index in [9.17, 15) is 8.42 Å². The molecule has 0 amide bonds. The first-order valence-corrected chi connectivity index (χ1v) is 8.46. The van der Waals surface area contributed by atoms with E-state index in [1.165, 1.54) is 6.07 Å². The lowest BCUT2D eigenvalue weighted by Crippen LogP contribution is -2.40. The molecule has 1 aromatic carbocycles. The minimum Gasteiger partial charge on any atom is -0.399 e. The number of nitrogens with zero attached hydrogens (tertiary/aromatic N) is 2. The fraction of sp³-hybridized carbons (Fsp3) is 0.571. The van der Waals surface area contributed by atoms with Gasteiger partial charge in [-0.3, -0.25) is 0 Å². The maximum absolute atomic E-state index is 11.7. The standard InChI is InChI=1S/C14H26N4O2S/c1-6-18(10(2)9-17(4)5)13-7-12(15)8-14(11(13)3)21(16,19)20/h7-8,10H,6,9,15H2,1-5H3,(H2,16,19,20). The molecule has 0 saturated carbocycles. The molecular weight excluding hydrogens is 288 g/mol. The Hall–Kier alpha value is -1.31. The zero-order chi connectivity index (χ0) is 16.4. The fourth-order valence-corrected chi connectivity index (χ4v) is 3.47. The first-order chi connectivity index (χ1) is 9.57. The highest BCUT2D eigenvalue weighted by Crippen LogP contribution is 2.30. The summed E-state index contributed by atoms with van der Waals surface area (Å²) in [4.78, 5) is 4.32. The Labute approximate surface area is 127 Å². The molecule has 0 spiro atoms. The van der Waals surface area contributed by atoms with Gasteiger partial charge in [0, 0.05) is 30.5 Å². The highest BCUT2D eigenvalue weighted by atomic mass is 32.2. The number of nitrogen functional groups attached to an aromatic ring is 1. The number of primary sulfonamides is 1. The Kier molecular flexibility index (Phi) is 5.61. The van der Waals surface area contributed by atoms with Crippen molar-refractivity contribution in [3.63, 3.8) is 0 Å². The summed E-state index contributed by atoms with van der Waals surface area (Å²) in [6, 6.07) is 3.44. The van der Waals surface area contributed by atoms with Gasteiger partial charge in [0.05, 0.1) is 4.90 Å². The van der Waals surface area contributed by atoms with Crippen molar-refractivity contribution in [3.8, 4) is 0 Å². The van der Waals surface area contributed by atoms with Crippen LogP contribution in [0.25, 0.3) is 0 Å². The van der Waals surface area contributed by atoms with E-state index in [2.05, 4.69) is 16.7 Å². The van der Waals surface area contributed by atoms with E-state index < -0.39 is 10.0 Å². The number of nitrogens with two attached hydrogens (primary N) is 2. The van der Waals surface area contributed by atoms with Gasteiger partial charge in [-0.05, 0) is 52.6 Å². The third-order valence-corrected chi connectivity index (χ3v) is 4.51. The van der Waals surface area contributed by atoms with Crippen molar-refractivity contribution in [2.45, 2.75) is 31.7 Å². The van der Waals surface area contributed by atoms with Gasteiger partial charge in [0.2, 0.25) is 10.0 Å². The van der Waals surface area contributed by atoms with Crippen molar-refractivity contribution in [2.75, 3.05) is 37.8 Å². The average Bonchev–Trinajstić information content (AvgIpc) is 2.31. The second-order valence-corrected chi connectivity index (χ2v) is 7.14. The zero-order valence-electron chi connectivity index (χ0n) is 13.4. The second kappa shape index (κ2) is 6.64. The number of anilines is 2. The van der Waals surface area contributed by atoms with Crippen molar-refractivity contribution < 1.29 is 8.42 Å². The van der Waals surface area contributed by atoms with Crippen LogP contribution in [0.15, 0.2) is 17.0 Å². The maximum Gasteiger partial charge on any atom is 0.238 e. The summed E-state index contributed by atoms with van der Waals surface area (Å²) >= 11 is 0. The maximum atomic E-state index is 11.7. The minimum atomic E-state index is -3.79. The van der Waals surface area contributed by atoms with Gasteiger partial charge >= 0.3 is 0 Å². The number of sulfonamides is 1. The van der Waals surface area contributed by atoms with Crippen molar-refractivity contribution in [2.24, 2.45) is 5.14 Å². The summed E-state index contributed by atoms with van der Waals surface area (Å²) in [5, 5.41) is 5.28. The zero-order valence-corrected chi connectivity index (χ0v) is 14.2. The molecule has 120 valence electrons. The second-order valence-electron chi connectivity index (χ2n) is 5.61. The van der Waals surface area contributed by atoms with Gasteiger partial charge in [0.25, 0.3) is 0 Å². The molecule has 0 aromatic heterocycles. The summed E-state index contributed by atoms with van der Waals surface area (Å²) in [6.07, 6.45) is 0. The Morgan fingerprint density at radius 2 is 1.86 bits per heavy atom. The molecule has 1 unspecified atom stereocenters. The van der Waals surface area contributed by atoms with Gasteiger partial charge < -0.3 is 15.5 Å². The molecular formula is C14H26N4O2S. The van der Waals surface area contributed by atoms with E-state index in [4.69, 9.17) is 10.9 Å². The smallest absolute Gasteiger partial charge is 0.238 e. The summed E-state index contributed by atoms with van der Waals surface area (Å²) < 4.78 is 23.4. The highest BCUT2D eigenvalue weighted by Gasteiger charge is 2.21. The molecule has 1 aromatic rings. The van der Waals surface area contributed by atoms with E-state index in [0.29, 0.717) is 11.3 Å². The first-order valence-electron chi connectivity index (χ1n) is 6.92. The third kappa shape index (κ3) is 4.33. The van der Waals surface area contributed by atoms with Crippen molar-refractivity contribution in [3.05, 3.63) is 17.7 Å². The van der Waals surface area contributed by atoms with E-state index in [-0.39, 0.29) is 10.9 Å². The van der Waals surface area contributed by atoms with Gasteiger partial charge in [-0.2, -0.15) is 0 Å². The quantitative estimate of drug-likeness (QED) is 0.764. The predicted octanol–water partition coefficient (Wildman–Crippen LogP) is 1.00. The van der Waals surface area contributed by atoms with E-state index in [0.717, 1.165) is 18.8 Å². The van der Waals surface area contributed by atoms with Crippen LogP contribution in [0.1, 0.15) is 19.4 Å². The lowest BCUT2D eigenvalue weighted by molar-refractivity contribution is 0.373.